The molecule has 6 nitrogen and oxygen atoms in total. The number of carbonyl (C=O) groups excluding carboxylic acids is 3. The first-order valence-corrected chi connectivity index (χ1v) is 11.9. The molecule has 34 heavy (non-hydrogen) atoms. The van der Waals surface area contributed by atoms with Crippen LogP contribution in [0.1, 0.15) is 76.0 Å². The molecule has 2 aliphatic heterocycles. The van der Waals surface area contributed by atoms with Gasteiger partial charge in [0.05, 0.1) is 11.1 Å². The Balaban J connectivity index is 1.24. The maximum atomic E-state index is 13.9. The lowest BCUT2D eigenvalue weighted by molar-refractivity contribution is 0.0547. The zero-order valence-electron chi connectivity index (χ0n) is 18.8. The first-order valence-electron chi connectivity index (χ1n) is 11.9. The Hall–Kier alpha value is -3.29. The van der Waals surface area contributed by atoms with Crippen LogP contribution in [0.15, 0.2) is 36.4 Å². The highest BCUT2D eigenvalue weighted by Gasteiger charge is 2.40. The zero-order chi connectivity index (χ0) is 23.8. The molecule has 0 spiro atoms. The molecule has 0 radical (unpaired) electrons. The molecule has 0 aromatic heterocycles. The highest BCUT2D eigenvalue weighted by Crippen LogP contribution is 2.32. The van der Waals surface area contributed by atoms with E-state index in [1.807, 2.05) is 0 Å². The first kappa shape index (κ1) is 22.5. The van der Waals surface area contributed by atoms with Crippen molar-refractivity contribution in [1.82, 2.24) is 9.80 Å². The van der Waals surface area contributed by atoms with Gasteiger partial charge in [-0.3, -0.25) is 19.3 Å². The quantitative estimate of drug-likeness (QED) is 0.617. The summed E-state index contributed by atoms with van der Waals surface area (Å²) in [6.07, 6.45) is 5.52. The predicted octanol–water partition coefficient (Wildman–Crippen LogP) is 4.58. The summed E-state index contributed by atoms with van der Waals surface area (Å²) < 4.78 is 32.6. The second kappa shape index (κ2) is 9.16. The van der Waals surface area contributed by atoms with Crippen LogP contribution >= 0.6 is 0 Å². The fourth-order valence-corrected chi connectivity index (χ4v) is 5.17. The van der Waals surface area contributed by atoms with E-state index in [0.29, 0.717) is 42.6 Å². The Morgan fingerprint density at radius 3 is 2.26 bits per heavy atom. The molecule has 2 aromatic rings. The number of imide groups is 1. The van der Waals surface area contributed by atoms with Crippen molar-refractivity contribution in [1.29, 1.82) is 0 Å². The van der Waals surface area contributed by atoms with Gasteiger partial charge in [-0.15, -0.1) is 0 Å². The lowest BCUT2D eigenvalue weighted by atomic mass is 9.94. The third-order valence-electron chi connectivity index (χ3n) is 7.02. The van der Waals surface area contributed by atoms with E-state index in [0.717, 1.165) is 44.2 Å². The number of nitrogens with zero attached hydrogens (tertiary/aromatic N) is 2. The van der Waals surface area contributed by atoms with E-state index in [1.54, 1.807) is 17.0 Å². The van der Waals surface area contributed by atoms with Crippen molar-refractivity contribution in [2.45, 2.75) is 57.1 Å². The summed E-state index contributed by atoms with van der Waals surface area (Å²) in [7, 11) is 0. The van der Waals surface area contributed by atoms with Gasteiger partial charge in [-0.25, -0.2) is 8.78 Å². The molecular formula is C26H26F2N2O4. The molecule has 0 atom stereocenters. The number of rotatable bonds is 4. The molecule has 178 valence electrons. The van der Waals surface area contributed by atoms with Gasteiger partial charge in [0.15, 0.2) is 11.6 Å². The number of hydrogen-bond acceptors (Lipinski definition) is 4. The number of likely N-dealkylation sites (tertiary alicyclic amines) is 1. The molecule has 5 rings (SSSR count). The van der Waals surface area contributed by atoms with Gasteiger partial charge in [0, 0.05) is 43.6 Å². The van der Waals surface area contributed by atoms with Gasteiger partial charge in [-0.1, -0.05) is 19.3 Å². The summed E-state index contributed by atoms with van der Waals surface area (Å²) >= 11 is 0. The van der Waals surface area contributed by atoms with Crippen LogP contribution in [-0.4, -0.2) is 52.8 Å². The molecule has 1 aliphatic carbocycles. The Morgan fingerprint density at radius 1 is 0.853 bits per heavy atom. The maximum absolute atomic E-state index is 13.9. The van der Waals surface area contributed by atoms with Crippen molar-refractivity contribution in [3.8, 4) is 5.75 Å². The fraction of sp³-hybridized carbons (Fsp3) is 0.423. The van der Waals surface area contributed by atoms with Crippen molar-refractivity contribution in [3.05, 3.63) is 64.7 Å². The molecule has 8 heteroatoms. The molecule has 2 fully saturated rings. The molecule has 2 heterocycles. The third kappa shape index (κ3) is 4.17. The number of amides is 3. The molecule has 2 aromatic carbocycles. The Labute approximate surface area is 196 Å². The average Bonchev–Trinajstić information content (AvgIpc) is 3.10. The number of halogens is 2. The second-order valence-electron chi connectivity index (χ2n) is 9.22. The second-order valence-corrected chi connectivity index (χ2v) is 9.22. The van der Waals surface area contributed by atoms with Gasteiger partial charge in [0.2, 0.25) is 0 Å². The van der Waals surface area contributed by atoms with Crippen molar-refractivity contribution in [2.24, 2.45) is 0 Å². The highest BCUT2D eigenvalue weighted by molar-refractivity contribution is 6.22. The summed E-state index contributed by atoms with van der Waals surface area (Å²) in [5, 5.41) is 0. The lowest BCUT2D eigenvalue weighted by Gasteiger charge is -2.32. The number of piperidine rings is 1. The van der Waals surface area contributed by atoms with Gasteiger partial charge in [-0.2, -0.15) is 0 Å². The summed E-state index contributed by atoms with van der Waals surface area (Å²) in [6.45, 7) is 0.814. The normalized spacial score (nSPS) is 19.5. The van der Waals surface area contributed by atoms with Gasteiger partial charge in [0.25, 0.3) is 17.7 Å². The third-order valence-corrected chi connectivity index (χ3v) is 7.02. The van der Waals surface area contributed by atoms with Crippen molar-refractivity contribution in [3.63, 3.8) is 0 Å². The van der Waals surface area contributed by atoms with E-state index in [2.05, 4.69) is 0 Å². The monoisotopic (exact) mass is 468 g/mol. The first-order chi connectivity index (χ1) is 16.4. The topological polar surface area (TPSA) is 66.9 Å². The molecule has 3 amide bonds. The molecule has 0 bridgehead atoms. The van der Waals surface area contributed by atoms with E-state index < -0.39 is 11.6 Å². The van der Waals surface area contributed by atoms with Crippen LogP contribution in [0.5, 0.6) is 5.75 Å². The van der Waals surface area contributed by atoms with Crippen LogP contribution in [0.25, 0.3) is 0 Å². The number of carbonyl (C=O) groups is 3. The van der Waals surface area contributed by atoms with E-state index in [4.69, 9.17) is 4.74 Å². The Bertz CT molecular complexity index is 1140. The minimum atomic E-state index is -0.752. The van der Waals surface area contributed by atoms with E-state index in [1.165, 1.54) is 17.0 Å². The molecule has 1 saturated heterocycles. The largest absolute Gasteiger partial charge is 0.487 e. The van der Waals surface area contributed by atoms with Crippen LogP contribution in [0, 0.1) is 11.6 Å². The molecule has 0 unspecified atom stereocenters. The SMILES string of the molecule is O=C(c1ccc2c(c1)C(=O)N(C1CCCCC1)C2=O)N1CCC(Oc2ccc(F)cc2F)CC1. The van der Waals surface area contributed by atoms with Crippen molar-refractivity contribution in [2.75, 3.05) is 13.1 Å². The van der Waals surface area contributed by atoms with Crippen LogP contribution in [0.3, 0.4) is 0 Å². The predicted molar refractivity (Wildman–Crippen MR) is 120 cm³/mol. The van der Waals surface area contributed by atoms with Crippen LogP contribution < -0.4 is 4.74 Å². The fourth-order valence-electron chi connectivity index (χ4n) is 5.17. The molecule has 0 N–H and O–H groups in total. The highest BCUT2D eigenvalue weighted by atomic mass is 19.1. The van der Waals surface area contributed by atoms with Crippen LogP contribution in [0.4, 0.5) is 8.78 Å². The summed E-state index contributed by atoms with van der Waals surface area (Å²) in [5.74, 6) is -2.22. The van der Waals surface area contributed by atoms with Gasteiger partial charge < -0.3 is 9.64 Å². The van der Waals surface area contributed by atoms with Gasteiger partial charge in [0.1, 0.15) is 11.9 Å². The van der Waals surface area contributed by atoms with Crippen LogP contribution in [-0.2, 0) is 0 Å². The maximum Gasteiger partial charge on any atom is 0.261 e. The van der Waals surface area contributed by atoms with E-state index >= 15 is 0 Å². The standard InChI is InChI=1S/C26H26F2N2O4/c27-17-7-9-23(22(28)15-17)34-19-10-12-29(13-11-19)24(31)16-6-8-20-21(14-16)26(33)30(25(20)32)18-4-2-1-3-5-18/h6-9,14-15,18-19H,1-5,10-13H2. The van der Waals surface area contributed by atoms with Gasteiger partial charge >= 0.3 is 0 Å². The molecule has 1 saturated carbocycles. The molecule has 3 aliphatic rings. The number of benzene rings is 2. The zero-order valence-corrected chi connectivity index (χ0v) is 18.8. The minimum Gasteiger partial charge on any atom is -0.487 e. The van der Waals surface area contributed by atoms with Gasteiger partial charge in [-0.05, 0) is 43.2 Å². The Kier molecular flexibility index (Phi) is 6.06. The summed E-state index contributed by atoms with van der Waals surface area (Å²) in [4.78, 5) is 42.1. The lowest BCUT2D eigenvalue weighted by Crippen LogP contribution is -2.42. The summed E-state index contributed by atoms with van der Waals surface area (Å²) in [6, 6.07) is 7.85. The smallest absolute Gasteiger partial charge is 0.261 e. The number of hydrogen-bond donors (Lipinski definition) is 0. The number of ether oxygens (including phenoxy) is 1. The average molecular weight is 469 g/mol. The number of fused-ring (bicyclic) bond motifs is 1. The minimum absolute atomic E-state index is 0.00417. The van der Waals surface area contributed by atoms with Crippen molar-refractivity contribution >= 4 is 17.7 Å². The van der Waals surface area contributed by atoms with E-state index in [-0.39, 0.29) is 35.6 Å². The summed E-state index contributed by atoms with van der Waals surface area (Å²) in [5.41, 5.74) is 1.03. The van der Waals surface area contributed by atoms with E-state index in [9.17, 15) is 23.2 Å². The Morgan fingerprint density at radius 2 is 1.56 bits per heavy atom. The van der Waals surface area contributed by atoms with Crippen molar-refractivity contribution < 1.29 is 27.9 Å². The van der Waals surface area contributed by atoms with Crippen LogP contribution in [0.2, 0.25) is 0 Å². The molecular weight excluding hydrogens is 442 g/mol.